The van der Waals surface area contributed by atoms with Crippen LogP contribution < -0.4 is 10.5 Å². The monoisotopic (exact) mass is 246 g/mol. The fraction of sp³-hybridized carbons (Fsp3) is 0.357. The van der Waals surface area contributed by atoms with E-state index in [2.05, 4.69) is 25.1 Å². The van der Waals surface area contributed by atoms with E-state index in [0.717, 1.165) is 28.1 Å². The third-order valence-corrected chi connectivity index (χ3v) is 2.95. The van der Waals surface area contributed by atoms with Gasteiger partial charge in [-0.1, -0.05) is 19.0 Å². The minimum absolute atomic E-state index is 0.324. The van der Waals surface area contributed by atoms with E-state index in [1.807, 2.05) is 13.0 Å². The predicted octanol–water partition coefficient (Wildman–Crippen LogP) is 3.36. The normalized spacial score (nSPS) is 10.9. The molecule has 1 aromatic heterocycles. The number of rotatable bonds is 3. The molecule has 0 amide bonds. The van der Waals surface area contributed by atoms with Crippen molar-refractivity contribution in [2.75, 3.05) is 12.8 Å². The maximum absolute atomic E-state index is 5.55. The molecule has 2 N–H and O–H groups in total. The number of nitrogen functional groups attached to an aromatic ring is 1. The third kappa shape index (κ3) is 2.18. The summed E-state index contributed by atoms with van der Waals surface area (Å²) >= 11 is 0. The van der Waals surface area contributed by atoms with Crippen LogP contribution in [0.25, 0.3) is 11.3 Å². The summed E-state index contributed by atoms with van der Waals surface area (Å²) in [6.07, 6.45) is 0. The van der Waals surface area contributed by atoms with Crippen molar-refractivity contribution in [1.29, 1.82) is 0 Å². The van der Waals surface area contributed by atoms with Gasteiger partial charge >= 0.3 is 0 Å². The van der Waals surface area contributed by atoms with E-state index < -0.39 is 0 Å². The first kappa shape index (κ1) is 12.5. The Labute approximate surface area is 107 Å². The lowest BCUT2D eigenvalue weighted by Crippen LogP contribution is -1.98. The molecular weight excluding hydrogens is 228 g/mol. The Morgan fingerprint density at radius 3 is 2.50 bits per heavy atom. The van der Waals surface area contributed by atoms with Crippen LogP contribution in [-0.4, -0.2) is 12.3 Å². The fourth-order valence-corrected chi connectivity index (χ4v) is 2.08. The van der Waals surface area contributed by atoms with E-state index in [4.69, 9.17) is 15.0 Å². The number of hydrogen-bond donors (Lipinski definition) is 1. The first-order chi connectivity index (χ1) is 8.52. The Balaban J connectivity index is 2.57. The van der Waals surface area contributed by atoms with Crippen LogP contribution in [0.5, 0.6) is 5.75 Å². The molecule has 0 aliphatic heterocycles. The second kappa shape index (κ2) is 4.72. The smallest absolute Gasteiger partial charge is 0.222 e. The van der Waals surface area contributed by atoms with Crippen LogP contribution in [0.15, 0.2) is 22.7 Å². The summed E-state index contributed by atoms with van der Waals surface area (Å²) in [5.74, 6) is 1.64. The molecule has 0 spiro atoms. The number of ether oxygens (including phenoxy) is 1. The highest BCUT2D eigenvalue weighted by molar-refractivity contribution is 5.66. The molecule has 0 fully saturated rings. The van der Waals surface area contributed by atoms with E-state index in [0.29, 0.717) is 11.8 Å². The minimum Gasteiger partial charge on any atom is -0.496 e. The van der Waals surface area contributed by atoms with Crippen molar-refractivity contribution in [2.24, 2.45) is 0 Å². The van der Waals surface area contributed by atoms with E-state index in [1.54, 1.807) is 13.2 Å². The lowest BCUT2D eigenvalue weighted by Gasteiger charge is -2.15. The van der Waals surface area contributed by atoms with Crippen molar-refractivity contribution in [3.63, 3.8) is 0 Å². The maximum atomic E-state index is 5.55. The summed E-state index contributed by atoms with van der Waals surface area (Å²) in [5.41, 5.74) is 9.55. The molecule has 0 bridgehead atoms. The van der Waals surface area contributed by atoms with Crippen LogP contribution in [0.2, 0.25) is 0 Å². The average molecular weight is 246 g/mol. The average Bonchev–Trinajstić information content (AvgIpc) is 2.74. The minimum atomic E-state index is 0.324. The van der Waals surface area contributed by atoms with Gasteiger partial charge in [-0.05, 0) is 36.1 Å². The summed E-state index contributed by atoms with van der Waals surface area (Å²) in [7, 11) is 1.70. The molecule has 2 rings (SSSR count). The molecule has 96 valence electrons. The molecule has 4 heteroatoms. The highest BCUT2D eigenvalue weighted by Crippen LogP contribution is 2.34. The largest absolute Gasteiger partial charge is 0.496 e. The van der Waals surface area contributed by atoms with E-state index in [9.17, 15) is 0 Å². The number of nitrogens with two attached hydrogens (primary N) is 1. The molecule has 1 aromatic carbocycles. The molecule has 0 saturated carbocycles. The molecule has 0 radical (unpaired) electrons. The SMILES string of the molecule is COc1c(C)cc(-c2cc(N)on2)cc1C(C)C. The van der Waals surface area contributed by atoms with Gasteiger partial charge in [0.2, 0.25) is 5.88 Å². The fourth-order valence-electron chi connectivity index (χ4n) is 2.08. The van der Waals surface area contributed by atoms with Gasteiger partial charge in [0.15, 0.2) is 0 Å². The zero-order valence-corrected chi connectivity index (χ0v) is 11.2. The molecular formula is C14H18N2O2. The molecule has 2 aromatic rings. The van der Waals surface area contributed by atoms with Crippen molar-refractivity contribution >= 4 is 5.88 Å². The zero-order chi connectivity index (χ0) is 13.3. The van der Waals surface area contributed by atoms with Gasteiger partial charge in [0.25, 0.3) is 0 Å². The Kier molecular flexibility index (Phi) is 3.28. The van der Waals surface area contributed by atoms with Crippen molar-refractivity contribution in [3.05, 3.63) is 29.3 Å². The molecule has 1 heterocycles. The zero-order valence-electron chi connectivity index (χ0n) is 11.2. The number of aryl methyl sites for hydroxylation is 1. The second-order valence-electron chi connectivity index (χ2n) is 4.68. The van der Waals surface area contributed by atoms with Crippen LogP contribution in [0.4, 0.5) is 5.88 Å². The first-order valence-corrected chi connectivity index (χ1v) is 5.94. The van der Waals surface area contributed by atoms with Crippen LogP contribution in [0.3, 0.4) is 0 Å². The third-order valence-electron chi connectivity index (χ3n) is 2.95. The summed E-state index contributed by atoms with van der Waals surface area (Å²) in [4.78, 5) is 0. The summed E-state index contributed by atoms with van der Waals surface area (Å²) in [6, 6.07) is 5.83. The number of aromatic nitrogens is 1. The molecule has 0 aliphatic rings. The number of methoxy groups -OCH3 is 1. The Bertz CT molecular complexity index is 559. The Morgan fingerprint density at radius 1 is 1.28 bits per heavy atom. The standard InChI is InChI=1S/C14H18N2O2/c1-8(2)11-6-10(5-9(3)14(11)17-4)12-7-13(15)18-16-12/h5-8H,15H2,1-4H3. The van der Waals surface area contributed by atoms with Gasteiger partial charge in [-0.3, -0.25) is 0 Å². The molecule has 0 unspecified atom stereocenters. The number of nitrogens with zero attached hydrogens (tertiary/aromatic N) is 1. The molecule has 4 nitrogen and oxygen atoms in total. The molecule has 0 aliphatic carbocycles. The first-order valence-electron chi connectivity index (χ1n) is 5.94. The van der Waals surface area contributed by atoms with Gasteiger partial charge in [0.1, 0.15) is 11.4 Å². The summed E-state index contributed by atoms with van der Waals surface area (Å²) in [5, 5.41) is 3.94. The molecule has 0 saturated heterocycles. The van der Waals surface area contributed by atoms with Gasteiger partial charge in [-0.25, -0.2) is 0 Å². The van der Waals surface area contributed by atoms with Crippen LogP contribution in [-0.2, 0) is 0 Å². The van der Waals surface area contributed by atoms with E-state index in [-0.39, 0.29) is 0 Å². The lowest BCUT2D eigenvalue weighted by molar-refractivity contribution is 0.404. The van der Waals surface area contributed by atoms with E-state index >= 15 is 0 Å². The van der Waals surface area contributed by atoms with Gasteiger partial charge in [0, 0.05) is 11.6 Å². The van der Waals surface area contributed by atoms with Crippen LogP contribution in [0.1, 0.15) is 30.9 Å². The van der Waals surface area contributed by atoms with Crippen LogP contribution >= 0.6 is 0 Å². The van der Waals surface area contributed by atoms with Crippen molar-refractivity contribution in [2.45, 2.75) is 26.7 Å². The maximum Gasteiger partial charge on any atom is 0.222 e. The van der Waals surface area contributed by atoms with Gasteiger partial charge in [0.05, 0.1) is 7.11 Å². The highest BCUT2D eigenvalue weighted by Gasteiger charge is 2.14. The van der Waals surface area contributed by atoms with Gasteiger partial charge in [-0.2, -0.15) is 0 Å². The van der Waals surface area contributed by atoms with Gasteiger partial charge < -0.3 is 15.0 Å². The summed E-state index contributed by atoms with van der Waals surface area (Å²) in [6.45, 7) is 6.30. The quantitative estimate of drug-likeness (QED) is 0.902. The van der Waals surface area contributed by atoms with Crippen LogP contribution in [0, 0.1) is 6.92 Å². The van der Waals surface area contributed by atoms with Crippen molar-refractivity contribution < 1.29 is 9.26 Å². The number of benzene rings is 1. The second-order valence-corrected chi connectivity index (χ2v) is 4.68. The molecule has 18 heavy (non-hydrogen) atoms. The number of hydrogen-bond acceptors (Lipinski definition) is 4. The topological polar surface area (TPSA) is 61.3 Å². The van der Waals surface area contributed by atoms with Crippen molar-refractivity contribution in [3.8, 4) is 17.0 Å². The van der Waals surface area contributed by atoms with Crippen molar-refractivity contribution in [1.82, 2.24) is 5.16 Å². The highest BCUT2D eigenvalue weighted by atomic mass is 16.5. The predicted molar refractivity (Wildman–Crippen MR) is 71.7 cm³/mol. The Hall–Kier alpha value is -1.97. The lowest BCUT2D eigenvalue weighted by atomic mass is 9.95. The van der Waals surface area contributed by atoms with Gasteiger partial charge in [-0.15, -0.1) is 0 Å². The Morgan fingerprint density at radius 2 is 2.00 bits per heavy atom. The van der Waals surface area contributed by atoms with E-state index in [1.165, 1.54) is 0 Å². The number of anilines is 1. The molecule has 0 atom stereocenters. The summed E-state index contributed by atoms with van der Waals surface area (Å²) < 4.78 is 10.4.